The fourth-order valence-electron chi connectivity index (χ4n) is 3.64. The van der Waals surface area contributed by atoms with Crippen molar-refractivity contribution >= 4 is 5.97 Å². The molecule has 1 fully saturated rings. The van der Waals surface area contributed by atoms with Gasteiger partial charge in [0.25, 0.3) is 0 Å². The Morgan fingerprint density at radius 3 is 2.30 bits per heavy atom. The molecular formula is C20H32NO2+. The van der Waals surface area contributed by atoms with Crippen LogP contribution >= 0.6 is 0 Å². The lowest BCUT2D eigenvalue weighted by atomic mass is 9.79. The average Bonchev–Trinajstić information content (AvgIpc) is 3.10. The molecule has 23 heavy (non-hydrogen) atoms. The van der Waals surface area contributed by atoms with Crippen molar-refractivity contribution in [3.63, 3.8) is 0 Å². The van der Waals surface area contributed by atoms with Crippen LogP contribution in [0.3, 0.4) is 0 Å². The van der Waals surface area contributed by atoms with E-state index in [-0.39, 0.29) is 5.97 Å². The van der Waals surface area contributed by atoms with Crippen LogP contribution in [0.1, 0.15) is 51.5 Å². The van der Waals surface area contributed by atoms with Crippen molar-refractivity contribution in [2.75, 3.05) is 33.3 Å². The second kappa shape index (κ2) is 7.96. The van der Waals surface area contributed by atoms with Gasteiger partial charge in [0.2, 0.25) is 0 Å². The highest BCUT2D eigenvalue weighted by Crippen LogP contribution is 2.42. The van der Waals surface area contributed by atoms with Gasteiger partial charge >= 0.3 is 5.97 Å². The molecule has 0 aliphatic heterocycles. The average molecular weight is 318 g/mol. The van der Waals surface area contributed by atoms with Gasteiger partial charge in [0.1, 0.15) is 0 Å². The molecule has 1 aliphatic rings. The molecule has 3 nitrogen and oxygen atoms in total. The van der Waals surface area contributed by atoms with Crippen LogP contribution in [0.4, 0.5) is 0 Å². The van der Waals surface area contributed by atoms with Crippen LogP contribution in [0.2, 0.25) is 0 Å². The molecule has 0 bridgehead atoms. The zero-order valence-corrected chi connectivity index (χ0v) is 15.0. The first-order valence-corrected chi connectivity index (χ1v) is 9.12. The highest BCUT2D eigenvalue weighted by Gasteiger charge is 2.44. The van der Waals surface area contributed by atoms with E-state index >= 15 is 0 Å². The van der Waals surface area contributed by atoms with Gasteiger partial charge in [0.05, 0.1) is 38.7 Å². The lowest BCUT2D eigenvalue weighted by Crippen LogP contribution is -2.44. The first-order valence-electron chi connectivity index (χ1n) is 9.12. The van der Waals surface area contributed by atoms with Gasteiger partial charge in [-0.2, -0.15) is 0 Å². The molecular weight excluding hydrogens is 286 g/mol. The normalized spacial score (nSPS) is 17.2. The van der Waals surface area contributed by atoms with Crippen molar-refractivity contribution in [2.45, 2.75) is 51.4 Å². The van der Waals surface area contributed by atoms with Crippen molar-refractivity contribution in [1.82, 2.24) is 0 Å². The number of rotatable bonds is 8. The largest absolute Gasteiger partial charge is 0.465 e. The summed E-state index contributed by atoms with van der Waals surface area (Å²) in [6.45, 7) is 8.30. The summed E-state index contributed by atoms with van der Waals surface area (Å²) < 4.78 is 6.76. The van der Waals surface area contributed by atoms with Gasteiger partial charge in [-0.1, -0.05) is 43.2 Å². The number of carbonyl (C=O) groups is 1. The van der Waals surface area contributed by atoms with Gasteiger partial charge < -0.3 is 9.22 Å². The van der Waals surface area contributed by atoms with Crippen LogP contribution in [0.5, 0.6) is 0 Å². The molecule has 0 unspecified atom stereocenters. The maximum atomic E-state index is 12.8. The zero-order chi connectivity index (χ0) is 16.8. The molecule has 0 N–H and O–H groups in total. The number of esters is 1. The highest BCUT2D eigenvalue weighted by atomic mass is 16.5. The number of hydrogen-bond donors (Lipinski definition) is 0. The summed E-state index contributed by atoms with van der Waals surface area (Å²) in [6.07, 6.45) is 5.02. The first kappa shape index (κ1) is 18.0. The summed E-state index contributed by atoms with van der Waals surface area (Å²) in [5, 5.41) is 0. The van der Waals surface area contributed by atoms with Crippen LogP contribution in [-0.4, -0.2) is 43.7 Å². The molecule has 128 valence electrons. The van der Waals surface area contributed by atoms with E-state index in [4.69, 9.17) is 4.74 Å². The van der Waals surface area contributed by atoms with E-state index in [2.05, 4.69) is 33.0 Å². The van der Waals surface area contributed by atoms with Crippen molar-refractivity contribution in [3.05, 3.63) is 35.9 Å². The molecule has 2 rings (SSSR count). The van der Waals surface area contributed by atoms with Gasteiger partial charge in [-0.25, -0.2) is 0 Å². The molecule has 0 amide bonds. The van der Waals surface area contributed by atoms with Gasteiger partial charge in [-0.15, -0.1) is 0 Å². The van der Waals surface area contributed by atoms with Gasteiger partial charge in [-0.05, 0) is 32.3 Å². The minimum Gasteiger partial charge on any atom is -0.465 e. The Balaban J connectivity index is 1.93. The number of hydrogen-bond acceptors (Lipinski definition) is 2. The van der Waals surface area contributed by atoms with Crippen molar-refractivity contribution in [1.29, 1.82) is 0 Å². The molecule has 0 radical (unpaired) electrons. The van der Waals surface area contributed by atoms with Crippen LogP contribution in [-0.2, 0) is 14.9 Å². The van der Waals surface area contributed by atoms with E-state index in [1.165, 1.54) is 0 Å². The third-order valence-electron chi connectivity index (χ3n) is 5.78. The van der Waals surface area contributed by atoms with E-state index in [9.17, 15) is 4.79 Å². The maximum Gasteiger partial charge on any atom is 0.316 e. The minimum atomic E-state index is -0.394. The SMILES string of the molecule is CC[N+](C)(CC)CCCOC(=O)C1(c2ccccc2)CCCC1. The molecule has 1 aromatic carbocycles. The van der Waals surface area contributed by atoms with Crippen LogP contribution in [0.25, 0.3) is 0 Å². The zero-order valence-electron chi connectivity index (χ0n) is 15.0. The van der Waals surface area contributed by atoms with E-state index in [0.29, 0.717) is 6.61 Å². The van der Waals surface area contributed by atoms with Gasteiger partial charge in [0, 0.05) is 6.42 Å². The smallest absolute Gasteiger partial charge is 0.316 e. The molecule has 0 spiro atoms. The summed E-state index contributed by atoms with van der Waals surface area (Å²) in [4.78, 5) is 12.8. The van der Waals surface area contributed by atoms with Gasteiger partial charge in [-0.3, -0.25) is 4.79 Å². The molecule has 0 atom stereocenters. The van der Waals surface area contributed by atoms with Gasteiger partial charge in [0.15, 0.2) is 0 Å². The second-order valence-corrected chi connectivity index (χ2v) is 7.12. The summed E-state index contributed by atoms with van der Waals surface area (Å²) >= 11 is 0. The third kappa shape index (κ3) is 4.14. The lowest BCUT2D eigenvalue weighted by molar-refractivity contribution is -0.906. The molecule has 1 aromatic rings. The predicted octanol–water partition coefficient (Wildman–Crippen LogP) is 3.92. The standard InChI is InChI=1S/C20H32NO2/c1-4-21(3,5-2)16-11-17-23-19(22)20(14-9-10-15-20)18-12-7-6-8-13-18/h6-8,12-13H,4-5,9-11,14-17H2,1-3H3/q+1. The Labute approximate surface area is 141 Å². The van der Waals surface area contributed by atoms with E-state index in [1.807, 2.05) is 18.2 Å². The minimum absolute atomic E-state index is 0.0107. The van der Waals surface area contributed by atoms with E-state index in [0.717, 1.165) is 61.8 Å². The van der Waals surface area contributed by atoms with Crippen LogP contribution < -0.4 is 0 Å². The quantitative estimate of drug-likeness (QED) is 0.412. The first-order chi connectivity index (χ1) is 11.1. The van der Waals surface area contributed by atoms with Crippen LogP contribution in [0.15, 0.2) is 30.3 Å². The maximum absolute atomic E-state index is 12.8. The topological polar surface area (TPSA) is 26.3 Å². The summed E-state index contributed by atoms with van der Waals surface area (Å²) in [5.74, 6) is -0.0107. The molecule has 0 aromatic heterocycles. The van der Waals surface area contributed by atoms with Crippen molar-refractivity contribution in [2.24, 2.45) is 0 Å². The number of carbonyl (C=O) groups excluding carboxylic acids is 1. The van der Waals surface area contributed by atoms with Crippen molar-refractivity contribution < 1.29 is 14.0 Å². The molecule has 3 heteroatoms. The fraction of sp³-hybridized carbons (Fsp3) is 0.650. The highest BCUT2D eigenvalue weighted by molar-refractivity contribution is 5.83. The fourth-order valence-corrected chi connectivity index (χ4v) is 3.64. The summed E-state index contributed by atoms with van der Waals surface area (Å²) in [7, 11) is 2.27. The number of ether oxygens (including phenoxy) is 1. The predicted molar refractivity (Wildman–Crippen MR) is 94.3 cm³/mol. The lowest BCUT2D eigenvalue weighted by Gasteiger charge is -2.32. The molecule has 0 heterocycles. The van der Waals surface area contributed by atoms with Crippen molar-refractivity contribution in [3.8, 4) is 0 Å². The number of quaternary nitrogens is 1. The molecule has 0 saturated heterocycles. The van der Waals surface area contributed by atoms with E-state index in [1.54, 1.807) is 0 Å². The Morgan fingerprint density at radius 1 is 1.13 bits per heavy atom. The number of benzene rings is 1. The monoisotopic (exact) mass is 318 g/mol. The second-order valence-electron chi connectivity index (χ2n) is 7.12. The summed E-state index contributed by atoms with van der Waals surface area (Å²) in [5.41, 5.74) is 0.736. The Hall–Kier alpha value is -1.35. The Bertz CT molecular complexity index is 488. The van der Waals surface area contributed by atoms with E-state index < -0.39 is 5.41 Å². The molecule has 1 aliphatic carbocycles. The molecule has 1 saturated carbocycles. The summed E-state index contributed by atoms with van der Waals surface area (Å²) in [6, 6.07) is 10.2. The third-order valence-corrected chi connectivity index (χ3v) is 5.78. The Morgan fingerprint density at radius 2 is 1.74 bits per heavy atom. The number of nitrogens with zero attached hydrogens (tertiary/aromatic N) is 1. The Kier molecular flexibility index (Phi) is 6.23. The van der Waals surface area contributed by atoms with Crippen LogP contribution in [0, 0.1) is 0 Å².